The fourth-order valence-corrected chi connectivity index (χ4v) is 2.71. The van der Waals surface area contributed by atoms with Crippen LogP contribution in [0.15, 0.2) is 48.5 Å². The normalized spacial score (nSPS) is 11.8. The van der Waals surface area contributed by atoms with Crippen molar-refractivity contribution in [1.29, 1.82) is 0 Å². The third kappa shape index (κ3) is 4.85. The molecule has 0 fully saturated rings. The van der Waals surface area contributed by atoms with E-state index in [0.29, 0.717) is 6.42 Å². The van der Waals surface area contributed by atoms with Crippen LogP contribution in [0.25, 0.3) is 0 Å². The Morgan fingerprint density at radius 3 is 2.52 bits per heavy atom. The third-order valence-corrected chi connectivity index (χ3v) is 4.05. The summed E-state index contributed by atoms with van der Waals surface area (Å²) in [6, 6.07) is 16.2. The first-order valence-electron chi connectivity index (χ1n) is 8.12. The van der Waals surface area contributed by atoms with E-state index in [2.05, 4.69) is 30.4 Å². The molecular weight excluding hydrogens is 286 g/mol. The van der Waals surface area contributed by atoms with E-state index < -0.39 is 0 Å². The summed E-state index contributed by atoms with van der Waals surface area (Å²) in [6.07, 6.45) is 2.14. The number of aryl methyl sites for hydroxylation is 2. The second-order valence-corrected chi connectivity index (χ2v) is 5.74. The fourth-order valence-electron chi connectivity index (χ4n) is 2.71. The number of benzene rings is 2. The van der Waals surface area contributed by atoms with Crippen molar-refractivity contribution in [3.63, 3.8) is 0 Å². The molecule has 0 aliphatic rings. The zero-order valence-electron chi connectivity index (χ0n) is 14.1. The minimum atomic E-state index is 0.0443. The molecule has 0 aliphatic carbocycles. The maximum absolute atomic E-state index is 12.2. The number of hydrogen-bond acceptors (Lipinski definition) is 2. The largest absolute Gasteiger partial charge is 0.496 e. The van der Waals surface area contributed by atoms with E-state index in [1.165, 1.54) is 5.56 Å². The van der Waals surface area contributed by atoms with E-state index in [1.54, 1.807) is 7.11 Å². The minimum absolute atomic E-state index is 0.0443. The maximum Gasteiger partial charge on any atom is 0.220 e. The number of hydrogen-bond donors (Lipinski definition) is 1. The highest BCUT2D eigenvalue weighted by molar-refractivity contribution is 5.76. The molecule has 0 heterocycles. The molecule has 122 valence electrons. The van der Waals surface area contributed by atoms with E-state index in [-0.39, 0.29) is 11.9 Å². The van der Waals surface area contributed by atoms with Crippen molar-refractivity contribution >= 4 is 5.91 Å². The lowest BCUT2D eigenvalue weighted by atomic mass is 10.0. The average molecular weight is 311 g/mol. The summed E-state index contributed by atoms with van der Waals surface area (Å²) in [4.78, 5) is 12.2. The number of rotatable bonds is 7. The van der Waals surface area contributed by atoms with Gasteiger partial charge < -0.3 is 10.1 Å². The maximum atomic E-state index is 12.2. The van der Waals surface area contributed by atoms with Gasteiger partial charge in [0.15, 0.2) is 0 Å². The molecule has 1 N–H and O–H groups in total. The zero-order valence-corrected chi connectivity index (χ0v) is 14.1. The van der Waals surface area contributed by atoms with Gasteiger partial charge in [0.25, 0.3) is 0 Å². The quantitative estimate of drug-likeness (QED) is 0.832. The molecule has 0 aromatic heterocycles. The van der Waals surface area contributed by atoms with Crippen molar-refractivity contribution < 1.29 is 9.53 Å². The monoisotopic (exact) mass is 311 g/mol. The van der Waals surface area contributed by atoms with Crippen LogP contribution in [0.3, 0.4) is 0 Å². The molecule has 2 aromatic rings. The molecule has 3 nitrogen and oxygen atoms in total. The predicted molar refractivity (Wildman–Crippen MR) is 93.7 cm³/mol. The first kappa shape index (κ1) is 17.1. The summed E-state index contributed by atoms with van der Waals surface area (Å²) in [7, 11) is 1.67. The van der Waals surface area contributed by atoms with Gasteiger partial charge in [-0.25, -0.2) is 0 Å². The number of methoxy groups -OCH3 is 1. The predicted octanol–water partition coefficient (Wildman–Crippen LogP) is 4.20. The summed E-state index contributed by atoms with van der Waals surface area (Å²) in [5.41, 5.74) is 3.40. The third-order valence-electron chi connectivity index (χ3n) is 4.05. The van der Waals surface area contributed by atoms with Crippen LogP contribution in [0, 0.1) is 6.92 Å². The standard InChI is InChI=1S/C20H25NO2/c1-4-18(17-11-12-19(23-3)15(2)14-17)21-20(22)13-10-16-8-6-5-7-9-16/h5-9,11-12,14,18H,4,10,13H2,1-3H3,(H,21,22)/t18-/m0/s1. The van der Waals surface area contributed by atoms with Gasteiger partial charge in [0, 0.05) is 6.42 Å². The highest BCUT2D eigenvalue weighted by atomic mass is 16.5. The van der Waals surface area contributed by atoms with E-state index in [9.17, 15) is 4.79 Å². The summed E-state index contributed by atoms with van der Waals surface area (Å²) >= 11 is 0. The van der Waals surface area contributed by atoms with Crippen molar-refractivity contribution in [2.24, 2.45) is 0 Å². The number of nitrogens with one attached hydrogen (secondary N) is 1. The molecule has 2 rings (SSSR count). The van der Waals surface area contributed by atoms with Crippen LogP contribution < -0.4 is 10.1 Å². The second kappa shape index (κ2) is 8.37. The van der Waals surface area contributed by atoms with Crippen LogP contribution in [0.2, 0.25) is 0 Å². The van der Waals surface area contributed by atoms with Gasteiger partial charge in [-0.15, -0.1) is 0 Å². The molecule has 0 spiro atoms. The molecule has 3 heteroatoms. The van der Waals surface area contributed by atoms with E-state index in [4.69, 9.17) is 4.74 Å². The molecule has 1 atom stereocenters. The Kier molecular flexibility index (Phi) is 6.21. The Bertz CT molecular complexity index is 637. The molecule has 0 bridgehead atoms. The van der Waals surface area contributed by atoms with Crippen LogP contribution in [0.5, 0.6) is 5.75 Å². The molecule has 2 aromatic carbocycles. The Balaban J connectivity index is 1.96. The molecule has 0 saturated heterocycles. The molecular formula is C20H25NO2. The molecule has 0 unspecified atom stereocenters. The summed E-state index contributed by atoms with van der Waals surface area (Å²) in [6.45, 7) is 4.11. The van der Waals surface area contributed by atoms with Crippen molar-refractivity contribution in [3.8, 4) is 5.75 Å². The van der Waals surface area contributed by atoms with E-state index >= 15 is 0 Å². The van der Waals surface area contributed by atoms with Crippen molar-refractivity contribution in [3.05, 3.63) is 65.2 Å². The number of amides is 1. The molecule has 0 radical (unpaired) electrons. The van der Waals surface area contributed by atoms with Gasteiger partial charge in [0.05, 0.1) is 13.2 Å². The summed E-state index contributed by atoms with van der Waals surface area (Å²) in [5.74, 6) is 0.966. The lowest BCUT2D eigenvalue weighted by Gasteiger charge is -2.19. The first-order valence-corrected chi connectivity index (χ1v) is 8.12. The van der Waals surface area contributed by atoms with Crippen LogP contribution >= 0.6 is 0 Å². The zero-order chi connectivity index (χ0) is 16.7. The highest BCUT2D eigenvalue weighted by Gasteiger charge is 2.14. The summed E-state index contributed by atoms with van der Waals surface area (Å²) < 4.78 is 5.29. The average Bonchev–Trinajstić information content (AvgIpc) is 2.58. The SMILES string of the molecule is CC[C@H](NC(=O)CCc1ccccc1)c1ccc(OC)c(C)c1. The number of carbonyl (C=O) groups excluding carboxylic acids is 1. The molecule has 23 heavy (non-hydrogen) atoms. The van der Waals surface area contributed by atoms with Gasteiger partial charge in [0.2, 0.25) is 5.91 Å². The van der Waals surface area contributed by atoms with Gasteiger partial charge in [0.1, 0.15) is 5.75 Å². The topological polar surface area (TPSA) is 38.3 Å². The van der Waals surface area contributed by atoms with Gasteiger partial charge in [-0.3, -0.25) is 4.79 Å². The number of carbonyl (C=O) groups is 1. The van der Waals surface area contributed by atoms with Crippen LogP contribution in [-0.4, -0.2) is 13.0 Å². The van der Waals surface area contributed by atoms with Gasteiger partial charge in [-0.2, -0.15) is 0 Å². The Hall–Kier alpha value is -2.29. The fraction of sp³-hybridized carbons (Fsp3) is 0.350. The highest BCUT2D eigenvalue weighted by Crippen LogP contribution is 2.24. The molecule has 1 amide bonds. The van der Waals surface area contributed by atoms with Crippen LogP contribution in [-0.2, 0) is 11.2 Å². The Labute approximate surface area is 138 Å². The van der Waals surface area contributed by atoms with Crippen molar-refractivity contribution in [1.82, 2.24) is 5.32 Å². The van der Waals surface area contributed by atoms with Gasteiger partial charge >= 0.3 is 0 Å². The Morgan fingerprint density at radius 1 is 1.17 bits per heavy atom. The van der Waals surface area contributed by atoms with Gasteiger partial charge in [-0.05, 0) is 42.5 Å². The lowest BCUT2D eigenvalue weighted by Crippen LogP contribution is -2.28. The lowest BCUT2D eigenvalue weighted by molar-refractivity contribution is -0.121. The van der Waals surface area contributed by atoms with E-state index in [0.717, 1.165) is 29.7 Å². The number of ether oxygens (including phenoxy) is 1. The molecule has 0 saturated carbocycles. The van der Waals surface area contributed by atoms with Crippen LogP contribution in [0.1, 0.15) is 42.5 Å². The van der Waals surface area contributed by atoms with Crippen LogP contribution in [0.4, 0.5) is 0 Å². The van der Waals surface area contributed by atoms with Gasteiger partial charge in [-0.1, -0.05) is 49.4 Å². The Morgan fingerprint density at radius 2 is 1.91 bits per heavy atom. The second-order valence-electron chi connectivity index (χ2n) is 5.74. The smallest absolute Gasteiger partial charge is 0.220 e. The molecule has 0 aliphatic heterocycles. The van der Waals surface area contributed by atoms with E-state index in [1.807, 2.05) is 37.3 Å². The van der Waals surface area contributed by atoms with Crippen molar-refractivity contribution in [2.75, 3.05) is 7.11 Å². The first-order chi connectivity index (χ1) is 11.1. The summed E-state index contributed by atoms with van der Waals surface area (Å²) in [5, 5.41) is 3.14. The van der Waals surface area contributed by atoms with Crippen molar-refractivity contribution in [2.45, 2.75) is 39.2 Å². The minimum Gasteiger partial charge on any atom is -0.496 e.